The Morgan fingerprint density at radius 2 is 2.18 bits per heavy atom. The number of nitro groups is 1. The fourth-order valence-electron chi connectivity index (χ4n) is 0.342. The molecule has 0 amide bonds. The first kappa shape index (κ1) is 10.0. The molecule has 0 bridgehead atoms. The summed E-state index contributed by atoms with van der Waals surface area (Å²) >= 11 is 2.49. The molecule has 0 N–H and O–H groups in total. The van der Waals surface area contributed by atoms with E-state index in [4.69, 9.17) is 0 Å². The second kappa shape index (κ2) is 4.02. The molecule has 0 saturated heterocycles. The third-order valence-electron chi connectivity index (χ3n) is 0.836. The summed E-state index contributed by atoms with van der Waals surface area (Å²) in [5.41, 5.74) is 0. The molecule has 0 saturated carbocycles. The van der Waals surface area contributed by atoms with Crippen LogP contribution in [0.2, 0.25) is 0 Å². The number of nitrogens with zero attached hydrogens (tertiary/aromatic N) is 1. The van der Waals surface area contributed by atoms with Crippen molar-refractivity contribution in [2.24, 2.45) is 0 Å². The lowest BCUT2D eigenvalue weighted by Gasteiger charge is -2.12. The maximum absolute atomic E-state index is 10.1. The molecular formula is C4H4BrNO5. The third-order valence-corrected chi connectivity index (χ3v) is 1.64. The van der Waals surface area contributed by atoms with Gasteiger partial charge in [-0.3, -0.25) is 14.9 Å². The summed E-state index contributed by atoms with van der Waals surface area (Å²) in [5, 5.41) is 10.1. The van der Waals surface area contributed by atoms with Gasteiger partial charge in [-0.15, -0.1) is 0 Å². The molecular weight excluding hydrogens is 222 g/mol. The highest BCUT2D eigenvalue weighted by atomic mass is 79.9. The molecule has 0 aliphatic heterocycles. The lowest BCUT2D eigenvalue weighted by molar-refractivity contribution is -0.579. The van der Waals surface area contributed by atoms with E-state index in [0.717, 1.165) is 0 Å². The fraction of sp³-hybridized carbons (Fsp3) is 0.500. The van der Waals surface area contributed by atoms with E-state index in [1.54, 1.807) is 0 Å². The Balaban J connectivity index is 4.35. The normalized spacial score (nSPS) is 14.6. The van der Waals surface area contributed by atoms with Crippen LogP contribution in [-0.2, 0) is 14.3 Å². The summed E-state index contributed by atoms with van der Waals surface area (Å²) in [6, 6.07) is 0. The van der Waals surface area contributed by atoms with E-state index in [1.807, 2.05) is 0 Å². The van der Waals surface area contributed by atoms with Crippen LogP contribution in [0.4, 0.5) is 0 Å². The molecule has 0 radical (unpaired) electrons. The second-order valence-corrected chi connectivity index (χ2v) is 2.77. The molecule has 0 spiro atoms. The van der Waals surface area contributed by atoms with Crippen LogP contribution in [0.15, 0.2) is 0 Å². The molecule has 1 unspecified atom stereocenters. The Bertz CT molecular complexity index is 171. The van der Waals surface area contributed by atoms with Gasteiger partial charge in [0.15, 0.2) is 0 Å². The van der Waals surface area contributed by atoms with Crippen LogP contribution in [0.3, 0.4) is 0 Å². The van der Waals surface area contributed by atoms with Gasteiger partial charge in [0.05, 0.1) is 20.9 Å². The van der Waals surface area contributed by atoms with Gasteiger partial charge in [-0.05, 0) is 0 Å². The minimum Gasteiger partial charge on any atom is -0.389 e. The summed E-state index contributed by atoms with van der Waals surface area (Å²) < 4.78 is 1.94. The third kappa shape index (κ3) is 2.62. The molecule has 0 aromatic rings. The number of hydrogen-bond acceptors (Lipinski definition) is 5. The van der Waals surface area contributed by atoms with Crippen molar-refractivity contribution in [3.63, 3.8) is 0 Å². The van der Waals surface area contributed by atoms with Crippen LogP contribution >= 0.6 is 15.9 Å². The number of alkyl halides is 1. The Morgan fingerprint density at radius 1 is 1.64 bits per heavy atom. The first-order valence-corrected chi connectivity index (χ1v) is 3.24. The Labute approximate surface area is 69.8 Å². The van der Waals surface area contributed by atoms with Crippen molar-refractivity contribution in [3.8, 4) is 0 Å². The quantitative estimate of drug-likeness (QED) is 0.165. The van der Waals surface area contributed by atoms with Gasteiger partial charge < -0.3 is 9.53 Å². The van der Waals surface area contributed by atoms with Crippen molar-refractivity contribution < 1.29 is 19.2 Å². The lowest BCUT2D eigenvalue weighted by atomic mass is 10.4. The zero-order chi connectivity index (χ0) is 8.91. The lowest BCUT2D eigenvalue weighted by Crippen LogP contribution is -2.34. The molecule has 0 aliphatic rings. The van der Waals surface area contributed by atoms with Crippen LogP contribution in [0, 0.1) is 10.1 Å². The van der Waals surface area contributed by atoms with E-state index in [-0.39, 0.29) is 12.8 Å². The summed E-state index contributed by atoms with van der Waals surface area (Å²) in [4.78, 5) is 28.8. The predicted molar refractivity (Wildman–Crippen MR) is 36.5 cm³/mol. The predicted octanol–water partition coefficient (Wildman–Crippen LogP) is 0.0738. The van der Waals surface area contributed by atoms with Crippen molar-refractivity contribution in [1.29, 1.82) is 0 Å². The number of carbonyl (C=O) groups is 2. The van der Waals surface area contributed by atoms with E-state index < -0.39 is 16.0 Å². The molecule has 62 valence electrons. The summed E-state index contributed by atoms with van der Waals surface area (Å²) in [6.45, 7) is -0.0962. The van der Waals surface area contributed by atoms with Gasteiger partial charge in [0.25, 0.3) is 6.47 Å². The highest BCUT2D eigenvalue weighted by molar-refractivity contribution is 9.09. The van der Waals surface area contributed by atoms with E-state index in [2.05, 4.69) is 20.7 Å². The number of rotatable bonds is 5. The molecule has 1 atom stereocenters. The Kier molecular flexibility index (Phi) is 3.66. The number of ether oxygens (including phenoxy) is 1. The fourth-order valence-corrected chi connectivity index (χ4v) is 0.551. The maximum atomic E-state index is 10.1. The van der Waals surface area contributed by atoms with Gasteiger partial charge in [-0.25, -0.2) is 0 Å². The smallest absolute Gasteiger partial charge is 0.389 e. The molecule has 6 nitrogen and oxygen atoms in total. The maximum Gasteiger partial charge on any atom is 0.427 e. The minimum atomic E-state index is -2.10. The summed E-state index contributed by atoms with van der Waals surface area (Å²) in [5.74, 6) is 0. The SMILES string of the molecule is O=CCC(Br)(OC=O)[N+](=O)[O-]. The minimum absolute atomic E-state index is 0.0962. The highest BCUT2D eigenvalue weighted by Crippen LogP contribution is 2.22. The largest absolute Gasteiger partial charge is 0.427 e. The average Bonchev–Trinajstić information content (AvgIpc) is 1.88. The van der Waals surface area contributed by atoms with E-state index >= 15 is 0 Å². The van der Waals surface area contributed by atoms with Crippen LogP contribution in [0.1, 0.15) is 6.42 Å². The zero-order valence-electron chi connectivity index (χ0n) is 5.23. The number of aldehydes is 1. The van der Waals surface area contributed by atoms with Crippen LogP contribution in [0.25, 0.3) is 0 Å². The van der Waals surface area contributed by atoms with Crippen molar-refractivity contribution >= 4 is 28.7 Å². The van der Waals surface area contributed by atoms with Gasteiger partial charge in [0, 0.05) is 0 Å². The van der Waals surface area contributed by atoms with Gasteiger partial charge >= 0.3 is 4.63 Å². The van der Waals surface area contributed by atoms with E-state index in [1.165, 1.54) is 0 Å². The molecule has 0 fully saturated rings. The van der Waals surface area contributed by atoms with Gasteiger partial charge in [-0.1, -0.05) is 0 Å². The monoisotopic (exact) mass is 225 g/mol. The molecule has 0 aliphatic carbocycles. The first-order chi connectivity index (χ1) is 5.06. The molecule has 11 heavy (non-hydrogen) atoms. The molecule has 0 rings (SSSR count). The summed E-state index contributed by atoms with van der Waals surface area (Å²) in [6.07, 6.45) is -0.250. The van der Waals surface area contributed by atoms with E-state index in [9.17, 15) is 19.7 Å². The van der Waals surface area contributed by atoms with Crippen LogP contribution < -0.4 is 0 Å². The molecule has 0 aromatic heterocycles. The zero-order valence-corrected chi connectivity index (χ0v) is 6.81. The number of hydrogen-bond donors (Lipinski definition) is 0. The average molecular weight is 226 g/mol. The molecule has 0 heterocycles. The summed E-state index contributed by atoms with van der Waals surface area (Å²) in [7, 11) is 0. The molecule has 7 heteroatoms. The van der Waals surface area contributed by atoms with Crippen molar-refractivity contribution in [1.82, 2.24) is 0 Å². The van der Waals surface area contributed by atoms with Crippen LogP contribution in [-0.4, -0.2) is 22.3 Å². The topological polar surface area (TPSA) is 86.5 Å². The van der Waals surface area contributed by atoms with Crippen molar-refractivity contribution in [2.45, 2.75) is 11.1 Å². The van der Waals surface area contributed by atoms with Gasteiger partial charge in [-0.2, -0.15) is 0 Å². The molecule has 0 aromatic carbocycles. The standard InChI is InChI=1S/C4H4BrNO5/c5-4(1-2-7,6(9)10)11-3-8/h2-3H,1H2. The van der Waals surface area contributed by atoms with Crippen LogP contribution in [0.5, 0.6) is 0 Å². The number of halogens is 1. The van der Waals surface area contributed by atoms with Crippen molar-refractivity contribution in [3.05, 3.63) is 10.1 Å². The Morgan fingerprint density at radius 3 is 2.45 bits per heavy atom. The number of carbonyl (C=O) groups excluding carboxylic acids is 2. The van der Waals surface area contributed by atoms with E-state index in [0.29, 0.717) is 0 Å². The highest BCUT2D eigenvalue weighted by Gasteiger charge is 2.41. The van der Waals surface area contributed by atoms with Gasteiger partial charge in [0.1, 0.15) is 12.7 Å². The first-order valence-electron chi connectivity index (χ1n) is 2.45. The second-order valence-electron chi connectivity index (χ2n) is 1.53. The van der Waals surface area contributed by atoms with Crippen molar-refractivity contribution in [2.75, 3.05) is 0 Å². The Hall–Kier alpha value is -0.980. The van der Waals surface area contributed by atoms with Gasteiger partial charge in [0.2, 0.25) is 0 Å².